The van der Waals surface area contributed by atoms with Crippen molar-refractivity contribution in [1.29, 1.82) is 5.26 Å². The molecule has 1 amide bonds. The van der Waals surface area contributed by atoms with E-state index in [1.165, 1.54) is 18.6 Å². The minimum absolute atomic E-state index is 0.0123. The predicted molar refractivity (Wildman–Crippen MR) is 86.5 cm³/mol. The molecule has 1 aromatic rings. The molecule has 0 aliphatic heterocycles. The van der Waals surface area contributed by atoms with Crippen molar-refractivity contribution in [2.45, 2.75) is 25.7 Å². The van der Waals surface area contributed by atoms with Crippen LogP contribution in [0.4, 0.5) is 0 Å². The Morgan fingerprint density at radius 2 is 1.95 bits per heavy atom. The van der Waals surface area contributed by atoms with Crippen molar-refractivity contribution in [2.75, 3.05) is 25.2 Å². The van der Waals surface area contributed by atoms with Crippen LogP contribution < -0.4 is 10.1 Å². The van der Waals surface area contributed by atoms with Crippen molar-refractivity contribution in [3.8, 4) is 11.8 Å². The van der Waals surface area contributed by atoms with E-state index >= 15 is 0 Å². The summed E-state index contributed by atoms with van der Waals surface area (Å²) in [5.41, 5.74) is 0.577. The molecule has 1 rings (SSSR count). The van der Waals surface area contributed by atoms with Gasteiger partial charge in [-0.05, 0) is 49.1 Å². The summed E-state index contributed by atoms with van der Waals surface area (Å²) in [6.07, 6.45) is 6.75. The Morgan fingerprint density at radius 3 is 2.62 bits per heavy atom. The van der Waals surface area contributed by atoms with Crippen molar-refractivity contribution < 1.29 is 9.53 Å². The van der Waals surface area contributed by atoms with Gasteiger partial charge >= 0.3 is 0 Å². The molecule has 21 heavy (non-hydrogen) atoms. The molecule has 0 bridgehead atoms. The van der Waals surface area contributed by atoms with Crippen LogP contribution >= 0.6 is 11.8 Å². The normalized spacial score (nSPS) is 9.90. The number of amides is 1. The maximum Gasteiger partial charge on any atom is 0.257 e. The van der Waals surface area contributed by atoms with Gasteiger partial charge in [0.15, 0.2) is 6.61 Å². The molecule has 114 valence electrons. The summed E-state index contributed by atoms with van der Waals surface area (Å²) in [5, 5.41) is 11.5. The second kappa shape index (κ2) is 11.0. The number of hydrogen-bond donors (Lipinski definition) is 1. The minimum Gasteiger partial charge on any atom is -0.484 e. The van der Waals surface area contributed by atoms with Gasteiger partial charge in [-0.3, -0.25) is 4.79 Å². The third-order valence-electron chi connectivity index (χ3n) is 2.95. The van der Waals surface area contributed by atoms with Gasteiger partial charge in [0.25, 0.3) is 5.91 Å². The summed E-state index contributed by atoms with van der Waals surface area (Å²) < 4.78 is 5.35. The molecule has 0 atom stereocenters. The van der Waals surface area contributed by atoms with Crippen LogP contribution in [0.3, 0.4) is 0 Å². The molecule has 0 heterocycles. The summed E-state index contributed by atoms with van der Waals surface area (Å²) in [5.74, 6) is 1.70. The highest BCUT2D eigenvalue weighted by molar-refractivity contribution is 7.98. The van der Waals surface area contributed by atoms with Gasteiger partial charge in [-0.2, -0.15) is 17.0 Å². The highest BCUT2D eigenvalue weighted by Crippen LogP contribution is 2.11. The van der Waals surface area contributed by atoms with E-state index in [0.29, 0.717) is 17.9 Å². The quantitative estimate of drug-likeness (QED) is 0.675. The predicted octanol–water partition coefficient (Wildman–Crippen LogP) is 2.98. The van der Waals surface area contributed by atoms with Crippen LogP contribution in [-0.4, -0.2) is 31.1 Å². The van der Waals surface area contributed by atoms with Gasteiger partial charge in [0.2, 0.25) is 0 Å². The van der Waals surface area contributed by atoms with E-state index in [1.54, 1.807) is 24.3 Å². The first-order chi connectivity index (χ1) is 10.3. The van der Waals surface area contributed by atoms with Gasteiger partial charge < -0.3 is 10.1 Å². The zero-order chi connectivity index (χ0) is 15.3. The number of thioether (sulfide) groups is 1. The largest absolute Gasteiger partial charge is 0.484 e. The Hall–Kier alpha value is -1.67. The SMILES string of the molecule is CSCCCCCCNC(=O)COc1ccc(C#N)cc1. The number of nitrogens with one attached hydrogen (secondary N) is 1. The Bertz CT molecular complexity index is 454. The van der Waals surface area contributed by atoms with Crippen molar-refractivity contribution >= 4 is 17.7 Å². The van der Waals surface area contributed by atoms with E-state index in [1.807, 2.05) is 17.8 Å². The van der Waals surface area contributed by atoms with Crippen LogP contribution in [-0.2, 0) is 4.79 Å². The lowest BCUT2D eigenvalue weighted by molar-refractivity contribution is -0.123. The standard InChI is InChI=1S/C16H22N2O2S/c1-21-11-5-3-2-4-10-18-16(19)13-20-15-8-6-14(12-17)7-9-15/h6-9H,2-5,10-11,13H2,1H3,(H,18,19). The lowest BCUT2D eigenvalue weighted by Gasteiger charge is -2.07. The van der Waals surface area contributed by atoms with Crippen LogP contribution in [0.5, 0.6) is 5.75 Å². The molecule has 0 unspecified atom stereocenters. The third-order valence-corrected chi connectivity index (χ3v) is 3.65. The fourth-order valence-electron chi connectivity index (χ4n) is 1.78. The second-order valence-corrected chi connectivity index (χ2v) is 5.67. The third kappa shape index (κ3) is 8.26. The summed E-state index contributed by atoms with van der Waals surface area (Å²) >= 11 is 1.87. The average Bonchev–Trinajstić information content (AvgIpc) is 2.52. The average molecular weight is 306 g/mol. The number of unbranched alkanes of at least 4 members (excludes halogenated alkanes) is 3. The number of rotatable bonds is 10. The number of benzene rings is 1. The monoisotopic (exact) mass is 306 g/mol. The van der Waals surface area contributed by atoms with E-state index in [2.05, 4.69) is 11.6 Å². The van der Waals surface area contributed by atoms with Crippen molar-refractivity contribution in [2.24, 2.45) is 0 Å². The number of carbonyl (C=O) groups is 1. The Balaban J connectivity index is 2.07. The summed E-state index contributed by atoms with van der Waals surface area (Å²) in [4.78, 5) is 11.6. The molecule has 0 aromatic heterocycles. The molecule has 1 N–H and O–H groups in total. The van der Waals surface area contributed by atoms with Gasteiger partial charge in [0.05, 0.1) is 11.6 Å². The number of carbonyl (C=O) groups excluding carboxylic acids is 1. The number of ether oxygens (including phenoxy) is 1. The fourth-order valence-corrected chi connectivity index (χ4v) is 2.27. The molecule has 0 fully saturated rings. The highest BCUT2D eigenvalue weighted by atomic mass is 32.2. The van der Waals surface area contributed by atoms with Crippen molar-refractivity contribution in [3.05, 3.63) is 29.8 Å². The van der Waals surface area contributed by atoms with Gasteiger partial charge in [-0.15, -0.1) is 0 Å². The minimum atomic E-state index is -0.108. The highest BCUT2D eigenvalue weighted by Gasteiger charge is 2.02. The van der Waals surface area contributed by atoms with Gasteiger partial charge in [-0.1, -0.05) is 12.8 Å². The Labute approximate surface area is 130 Å². The Morgan fingerprint density at radius 1 is 1.24 bits per heavy atom. The molecule has 4 nitrogen and oxygen atoms in total. The van der Waals surface area contributed by atoms with Crippen LogP contribution in [0.15, 0.2) is 24.3 Å². The molecule has 0 aliphatic rings. The van der Waals surface area contributed by atoms with Crippen LogP contribution in [0, 0.1) is 11.3 Å². The van der Waals surface area contributed by atoms with E-state index in [4.69, 9.17) is 10.00 Å². The molecule has 0 saturated heterocycles. The summed E-state index contributed by atoms with van der Waals surface area (Å²) in [6.45, 7) is 0.715. The van der Waals surface area contributed by atoms with E-state index in [9.17, 15) is 4.79 Å². The molecule has 0 spiro atoms. The first kappa shape index (κ1) is 17.4. The van der Waals surface area contributed by atoms with Crippen LogP contribution in [0.25, 0.3) is 0 Å². The zero-order valence-corrected chi connectivity index (χ0v) is 13.2. The van der Waals surface area contributed by atoms with Crippen LogP contribution in [0.1, 0.15) is 31.2 Å². The molecular formula is C16H22N2O2S. The van der Waals surface area contributed by atoms with Gasteiger partial charge in [0.1, 0.15) is 5.75 Å². The van der Waals surface area contributed by atoms with E-state index < -0.39 is 0 Å². The molecule has 0 radical (unpaired) electrons. The van der Waals surface area contributed by atoms with E-state index in [-0.39, 0.29) is 12.5 Å². The lowest BCUT2D eigenvalue weighted by Crippen LogP contribution is -2.29. The Kier molecular flexibility index (Phi) is 9.14. The molecular weight excluding hydrogens is 284 g/mol. The molecule has 0 aliphatic carbocycles. The maximum absolute atomic E-state index is 11.6. The van der Waals surface area contributed by atoms with E-state index in [0.717, 1.165) is 12.8 Å². The van der Waals surface area contributed by atoms with Gasteiger partial charge in [-0.25, -0.2) is 0 Å². The number of nitriles is 1. The summed E-state index contributed by atoms with van der Waals surface area (Å²) in [7, 11) is 0. The number of nitrogens with zero attached hydrogens (tertiary/aromatic N) is 1. The lowest BCUT2D eigenvalue weighted by atomic mass is 10.2. The maximum atomic E-state index is 11.6. The molecule has 1 aromatic carbocycles. The summed E-state index contributed by atoms with van der Waals surface area (Å²) in [6, 6.07) is 8.76. The second-order valence-electron chi connectivity index (χ2n) is 4.68. The topological polar surface area (TPSA) is 62.1 Å². The van der Waals surface area contributed by atoms with Crippen molar-refractivity contribution in [1.82, 2.24) is 5.32 Å². The molecule has 5 heteroatoms. The number of hydrogen-bond acceptors (Lipinski definition) is 4. The molecule has 0 saturated carbocycles. The first-order valence-electron chi connectivity index (χ1n) is 7.15. The smallest absolute Gasteiger partial charge is 0.257 e. The van der Waals surface area contributed by atoms with Gasteiger partial charge in [0, 0.05) is 6.54 Å². The zero-order valence-electron chi connectivity index (χ0n) is 12.4. The van der Waals surface area contributed by atoms with Crippen molar-refractivity contribution in [3.63, 3.8) is 0 Å². The van der Waals surface area contributed by atoms with Crippen LogP contribution in [0.2, 0.25) is 0 Å². The first-order valence-corrected chi connectivity index (χ1v) is 8.54. The fraction of sp³-hybridized carbons (Fsp3) is 0.500.